The van der Waals surface area contributed by atoms with Gasteiger partial charge in [-0.1, -0.05) is 35.9 Å². The molecule has 1 amide bonds. The summed E-state index contributed by atoms with van der Waals surface area (Å²) in [4.78, 5) is 29.3. The molecule has 0 saturated heterocycles. The van der Waals surface area contributed by atoms with Crippen molar-refractivity contribution in [2.24, 2.45) is 0 Å². The highest BCUT2D eigenvalue weighted by Crippen LogP contribution is 2.12. The summed E-state index contributed by atoms with van der Waals surface area (Å²) in [7, 11) is 0. The number of H-pyrrole nitrogens is 1. The molecule has 0 aliphatic carbocycles. The molecule has 130 valence electrons. The summed E-state index contributed by atoms with van der Waals surface area (Å²) in [6, 6.07) is 14.6. The van der Waals surface area contributed by atoms with Crippen molar-refractivity contribution in [1.29, 1.82) is 0 Å². The first-order valence-corrected chi connectivity index (χ1v) is 8.40. The number of imidazole rings is 1. The van der Waals surface area contributed by atoms with Gasteiger partial charge in [0.05, 0.1) is 11.0 Å². The first-order valence-electron chi connectivity index (χ1n) is 8.02. The summed E-state index contributed by atoms with van der Waals surface area (Å²) >= 11 is 5.85. The van der Waals surface area contributed by atoms with Crippen molar-refractivity contribution in [3.05, 3.63) is 75.2 Å². The SMILES string of the molecule is O=C(NCCc1ccc(Cl)cc1)c1n[nH]c2nc3ccccc3n2c1=O. The normalized spacial score (nSPS) is 11.1. The van der Waals surface area contributed by atoms with E-state index in [1.54, 1.807) is 24.3 Å². The van der Waals surface area contributed by atoms with Gasteiger partial charge in [-0.05, 0) is 36.2 Å². The molecular weight excluding hydrogens is 354 g/mol. The lowest BCUT2D eigenvalue weighted by molar-refractivity contribution is 0.0946. The van der Waals surface area contributed by atoms with Gasteiger partial charge in [0.15, 0.2) is 0 Å². The van der Waals surface area contributed by atoms with Crippen molar-refractivity contribution in [2.75, 3.05) is 6.54 Å². The third-order valence-electron chi connectivity index (χ3n) is 4.06. The lowest BCUT2D eigenvalue weighted by atomic mass is 10.1. The summed E-state index contributed by atoms with van der Waals surface area (Å²) in [6.45, 7) is 0.379. The second-order valence-corrected chi connectivity index (χ2v) is 6.21. The molecule has 7 nitrogen and oxygen atoms in total. The highest BCUT2D eigenvalue weighted by molar-refractivity contribution is 6.30. The predicted molar refractivity (Wildman–Crippen MR) is 98.6 cm³/mol. The number of nitrogens with one attached hydrogen (secondary N) is 2. The molecule has 0 fully saturated rings. The highest BCUT2D eigenvalue weighted by atomic mass is 35.5. The standard InChI is InChI=1S/C18H14ClN5O2/c19-12-7-5-11(6-8-12)9-10-20-16(25)15-17(26)24-14-4-2-1-3-13(14)21-18(24)23-22-15/h1-8H,9-10H2,(H,20,25)(H,21,23). The van der Waals surface area contributed by atoms with Crippen molar-refractivity contribution in [3.63, 3.8) is 0 Å². The van der Waals surface area contributed by atoms with Crippen LogP contribution in [-0.4, -0.2) is 32.0 Å². The molecular formula is C18H14ClN5O2. The number of aromatic amines is 1. The van der Waals surface area contributed by atoms with Gasteiger partial charge in [0, 0.05) is 11.6 Å². The minimum absolute atomic E-state index is 0.197. The lowest BCUT2D eigenvalue weighted by Gasteiger charge is -2.05. The van der Waals surface area contributed by atoms with E-state index in [-0.39, 0.29) is 5.69 Å². The van der Waals surface area contributed by atoms with Crippen molar-refractivity contribution in [2.45, 2.75) is 6.42 Å². The molecule has 2 aromatic carbocycles. The number of fused-ring (bicyclic) bond motifs is 3. The topological polar surface area (TPSA) is 92.2 Å². The molecule has 0 spiro atoms. The van der Waals surface area contributed by atoms with Crippen LogP contribution in [0.15, 0.2) is 53.3 Å². The quantitative estimate of drug-likeness (QED) is 0.578. The third kappa shape index (κ3) is 2.93. The summed E-state index contributed by atoms with van der Waals surface area (Å²) in [5, 5.41) is 9.94. The van der Waals surface area contributed by atoms with Crippen molar-refractivity contribution in [3.8, 4) is 0 Å². The van der Waals surface area contributed by atoms with E-state index in [9.17, 15) is 9.59 Å². The molecule has 0 unspecified atom stereocenters. The minimum Gasteiger partial charge on any atom is -0.350 e. The second-order valence-electron chi connectivity index (χ2n) is 5.77. The van der Waals surface area contributed by atoms with Gasteiger partial charge in [-0.3, -0.25) is 9.59 Å². The average Bonchev–Trinajstić information content (AvgIpc) is 3.03. The molecule has 4 aromatic rings. The Morgan fingerprint density at radius 2 is 1.92 bits per heavy atom. The van der Waals surface area contributed by atoms with Gasteiger partial charge < -0.3 is 5.32 Å². The van der Waals surface area contributed by atoms with E-state index in [1.165, 1.54) is 4.40 Å². The number of rotatable bonds is 4. The smallest absolute Gasteiger partial charge is 0.291 e. The Bertz CT molecular complexity index is 1160. The molecule has 0 saturated carbocycles. The Kier molecular flexibility index (Phi) is 4.14. The summed E-state index contributed by atoms with van der Waals surface area (Å²) < 4.78 is 1.36. The van der Waals surface area contributed by atoms with Crippen LogP contribution in [0.5, 0.6) is 0 Å². The van der Waals surface area contributed by atoms with E-state index >= 15 is 0 Å². The van der Waals surface area contributed by atoms with E-state index < -0.39 is 11.5 Å². The maximum absolute atomic E-state index is 12.7. The van der Waals surface area contributed by atoms with E-state index in [2.05, 4.69) is 20.5 Å². The van der Waals surface area contributed by atoms with Crippen LogP contribution in [0.2, 0.25) is 5.02 Å². The van der Waals surface area contributed by atoms with Crippen molar-refractivity contribution >= 4 is 34.3 Å². The molecule has 0 atom stereocenters. The van der Waals surface area contributed by atoms with Gasteiger partial charge in [-0.15, -0.1) is 0 Å². The number of hydrogen-bond acceptors (Lipinski definition) is 4. The molecule has 0 aliphatic rings. The minimum atomic E-state index is -0.528. The van der Waals surface area contributed by atoms with Crippen LogP contribution >= 0.6 is 11.6 Å². The van der Waals surface area contributed by atoms with Gasteiger partial charge in [0.25, 0.3) is 11.5 Å². The number of halogens is 1. The van der Waals surface area contributed by atoms with Crippen LogP contribution in [0.25, 0.3) is 16.8 Å². The molecule has 2 N–H and O–H groups in total. The number of aromatic nitrogens is 4. The Morgan fingerprint density at radius 1 is 1.15 bits per heavy atom. The number of para-hydroxylation sites is 2. The largest absolute Gasteiger partial charge is 0.350 e. The Labute approximate surface area is 152 Å². The first kappa shape index (κ1) is 16.3. The number of carbonyl (C=O) groups excluding carboxylic acids is 1. The maximum atomic E-state index is 12.7. The zero-order valence-electron chi connectivity index (χ0n) is 13.6. The molecule has 0 aliphatic heterocycles. The molecule has 0 bridgehead atoms. The first-order chi connectivity index (χ1) is 12.6. The fourth-order valence-electron chi connectivity index (χ4n) is 2.77. The molecule has 26 heavy (non-hydrogen) atoms. The average molecular weight is 368 g/mol. The Morgan fingerprint density at radius 3 is 2.73 bits per heavy atom. The second kappa shape index (κ2) is 6.61. The van der Waals surface area contributed by atoms with E-state index in [1.807, 2.05) is 24.3 Å². The van der Waals surface area contributed by atoms with E-state index in [4.69, 9.17) is 11.6 Å². The highest BCUT2D eigenvalue weighted by Gasteiger charge is 2.17. The number of carbonyl (C=O) groups is 1. The van der Waals surface area contributed by atoms with Crippen LogP contribution < -0.4 is 10.9 Å². The predicted octanol–water partition coefficient (Wildman–Crippen LogP) is 2.20. The van der Waals surface area contributed by atoms with Crippen LogP contribution in [-0.2, 0) is 6.42 Å². The van der Waals surface area contributed by atoms with Crippen LogP contribution in [0.4, 0.5) is 0 Å². The maximum Gasteiger partial charge on any atom is 0.291 e. The molecule has 2 aromatic heterocycles. The monoisotopic (exact) mass is 367 g/mol. The number of amides is 1. The van der Waals surface area contributed by atoms with Crippen LogP contribution in [0.1, 0.15) is 16.1 Å². The van der Waals surface area contributed by atoms with Gasteiger partial charge in [-0.2, -0.15) is 5.10 Å². The molecule has 0 radical (unpaired) electrons. The zero-order valence-corrected chi connectivity index (χ0v) is 14.3. The summed E-state index contributed by atoms with van der Waals surface area (Å²) in [6.07, 6.45) is 0.622. The molecule has 4 rings (SSSR count). The number of hydrogen-bond donors (Lipinski definition) is 2. The van der Waals surface area contributed by atoms with Crippen molar-refractivity contribution in [1.82, 2.24) is 24.9 Å². The van der Waals surface area contributed by atoms with Crippen LogP contribution in [0, 0.1) is 0 Å². The zero-order chi connectivity index (χ0) is 18.1. The Hall–Kier alpha value is -3.19. The number of nitrogens with zero attached hydrogens (tertiary/aromatic N) is 3. The van der Waals surface area contributed by atoms with Gasteiger partial charge in [-0.25, -0.2) is 14.5 Å². The van der Waals surface area contributed by atoms with Gasteiger partial charge in [0.2, 0.25) is 11.5 Å². The van der Waals surface area contributed by atoms with Gasteiger partial charge >= 0.3 is 0 Å². The molecule has 8 heteroatoms. The number of benzene rings is 2. The van der Waals surface area contributed by atoms with E-state index in [0.29, 0.717) is 34.8 Å². The van der Waals surface area contributed by atoms with Gasteiger partial charge in [0.1, 0.15) is 0 Å². The van der Waals surface area contributed by atoms with Crippen LogP contribution in [0.3, 0.4) is 0 Å². The molecule has 2 heterocycles. The van der Waals surface area contributed by atoms with E-state index in [0.717, 1.165) is 5.56 Å². The fraction of sp³-hybridized carbons (Fsp3) is 0.111. The third-order valence-corrected chi connectivity index (χ3v) is 4.31. The summed E-state index contributed by atoms with van der Waals surface area (Å²) in [5.41, 5.74) is 1.62. The van der Waals surface area contributed by atoms with Crippen molar-refractivity contribution < 1.29 is 4.79 Å². The Balaban J connectivity index is 1.56. The fourth-order valence-corrected chi connectivity index (χ4v) is 2.90. The summed E-state index contributed by atoms with van der Waals surface area (Å²) in [5.74, 6) is -0.228. The lowest BCUT2D eigenvalue weighted by Crippen LogP contribution is -2.34.